The Morgan fingerprint density at radius 2 is 1.54 bits per heavy atom. The van der Waals surface area contributed by atoms with Gasteiger partial charge in [-0.15, -0.1) is 0 Å². The van der Waals surface area contributed by atoms with Gasteiger partial charge in [-0.3, -0.25) is 9.59 Å². The van der Waals surface area contributed by atoms with E-state index in [4.69, 9.17) is 23.2 Å². The first-order valence-electron chi connectivity index (χ1n) is 7.29. The van der Waals surface area contributed by atoms with Gasteiger partial charge in [0.25, 0.3) is 0 Å². The van der Waals surface area contributed by atoms with Crippen molar-refractivity contribution < 1.29 is 18.0 Å². The first kappa shape index (κ1) is 20.2. The van der Waals surface area contributed by atoms with Crippen molar-refractivity contribution in [1.82, 2.24) is 4.72 Å². The average molecular weight is 416 g/mol. The molecule has 0 spiro atoms. The summed E-state index contributed by atoms with van der Waals surface area (Å²) in [5.74, 6) is -0.783. The Morgan fingerprint density at radius 1 is 0.962 bits per heavy atom. The van der Waals surface area contributed by atoms with Gasteiger partial charge in [0.15, 0.2) is 0 Å². The summed E-state index contributed by atoms with van der Waals surface area (Å²) in [5, 5.41) is 5.33. The number of nitrogens with one attached hydrogen (secondary N) is 3. The van der Waals surface area contributed by atoms with Crippen molar-refractivity contribution in [2.45, 2.75) is 11.8 Å². The van der Waals surface area contributed by atoms with Gasteiger partial charge in [0.05, 0.1) is 11.6 Å². The Hall–Kier alpha value is -2.13. The van der Waals surface area contributed by atoms with Crippen LogP contribution >= 0.6 is 23.2 Å². The van der Waals surface area contributed by atoms with Gasteiger partial charge in [-0.2, -0.15) is 0 Å². The van der Waals surface area contributed by atoms with E-state index in [1.54, 1.807) is 24.3 Å². The van der Waals surface area contributed by atoms with E-state index in [-0.39, 0.29) is 20.8 Å². The van der Waals surface area contributed by atoms with Gasteiger partial charge in [0.1, 0.15) is 4.90 Å². The van der Waals surface area contributed by atoms with Gasteiger partial charge in [-0.05, 0) is 42.5 Å². The van der Waals surface area contributed by atoms with Gasteiger partial charge in [-0.25, -0.2) is 13.1 Å². The van der Waals surface area contributed by atoms with Crippen LogP contribution in [0.1, 0.15) is 6.92 Å². The molecule has 0 radical (unpaired) electrons. The predicted octanol–water partition coefficient (Wildman–Crippen LogP) is 2.87. The summed E-state index contributed by atoms with van der Waals surface area (Å²) >= 11 is 11.6. The fourth-order valence-corrected chi connectivity index (χ4v) is 3.71. The number of amides is 2. The topological polar surface area (TPSA) is 104 Å². The summed E-state index contributed by atoms with van der Waals surface area (Å²) in [6.07, 6.45) is 0. The number of carbonyl (C=O) groups is 2. The molecule has 26 heavy (non-hydrogen) atoms. The Bertz CT molecular complexity index is 931. The molecule has 0 fully saturated rings. The fraction of sp³-hybridized carbons (Fsp3) is 0.125. The van der Waals surface area contributed by atoms with Crippen LogP contribution in [-0.4, -0.2) is 26.8 Å². The lowest BCUT2D eigenvalue weighted by Gasteiger charge is -2.10. The number of rotatable bonds is 6. The molecule has 7 nitrogen and oxygen atoms in total. The normalized spacial score (nSPS) is 11.0. The van der Waals surface area contributed by atoms with Crippen LogP contribution in [0.2, 0.25) is 10.0 Å². The monoisotopic (exact) mass is 415 g/mol. The van der Waals surface area contributed by atoms with Crippen molar-refractivity contribution in [3.8, 4) is 0 Å². The maximum Gasteiger partial charge on any atom is 0.242 e. The second-order valence-corrected chi connectivity index (χ2v) is 7.79. The Morgan fingerprint density at radius 3 is 2.12 bits per heavy atom. The molecule has 2 aromatic rings. The molecule has 2 aromatic carbocycles. The predicted molar refractivity (Wildman–Crippen MR) is 101 cm³/mol. The minimum atomic E-state index is -4.00. The van der Waals surface area contributed by atoms with Gasteiger partial charge < -0.3 is 10.6 Å². The van der Waals surface area contributed by atoms with Crippen molar-refractivity contribution >= 4 is 56.4 Å². The zero-order valence-electron chi connectivity index (χ0n) is 13.5. The average Bonchev–Trinajstić information content (AvgIpc) is 2.56. The highest BCUT2D eigenvalue weighted by atomic mass is 35.5. The van der Waals surface area contributed by atoms with Crippen LogP contribution < -0.4 is 15.4 Å². The second kappa shape index (κ2) is 8.50. The maximum absolute atomic E-state index is 12.2. The number of anilines is 2. The molecule has 0 atom stereocenters. The van der Waals surface area contributed by atoms with Crippen LogP contribution in [0.4, 0.5) is 11.4 Å². The number of benzene rings is 2. The molecule has 138 valence electrons. The molecule has 0 unspecified atom stereocenters. The van der Waals surface area contributed by atoms with Crippen LogP contribution in [-0.2, 0) is 19.6 Å². The zero-order valence-corrected chi connectivity index (χ0v) is 15.9. The number of halogens is 2. The van der Waals surface area contributed by atoms with Gasteiger partial charge in [0, 0.05) is 23.3 Å². The summed E-state index contributed by atoms with van der Waals surface area (Å²) in [6, 6.07) is 10.4. The minimum absolute atomic E-state index is 0.00383. The SMILES string of the molecule is CC(=O)Nc1ccc(NC(=O)CNS(=O)(=O)c2cc(Cl)ccc2Cl)cc1. The first-order valence-corrected chi connectivity index (χ1v) is 9.53. The summed E-state index contributed by atoms with van der Waals surface area (Å²) < 4.78 is 26.6. The molecule has 0 aliphatic rings. The van der Waals surface area contributed by atoms with E-state index in [1.165, 1.54) is 25.1 Å². The molecule has 3 N–H and O–H groups in total. The summed E-state index contributed by atoms with van der Waals surface area (Å²) in [6.45, 7) is 0.895. The van der Waals surface area contributed by atoms with Crippen molar-refractivity contribution in [3.63, 3.8) is 0 Å². The largest absolute Gasteiger partial charge is 0.326 e. The third kappa shape index (κ3) is 5.70. The summed E-state index contributed by atoms with van der Waals surface area (Å²) in [7, 11) is -4.00. The van der Waals surface area contributed by atoms with Crippen LogP contribution in [0.25, 0.3) is 0 Å². The molecule has 0 bridgehead atoms. The van der Waals surface area contributed by atoms with E-state index >= 15 is 0 Å². The number of carbonyl (C=O) groups excluding carboxylic acids is 2. The van der Waals surface area contributed by atoms with E-state index in [0.717, 1.165) is 0 Å². The quantitative estimate of drug-likeness (QED) is 0.674. The van der Waals surface area contributed by atoms with Gasteiger partial charge >= 0.3 is 0 Å². The molecule has 0 heterocycles. The highest BCUT2D eigenvalue weighted by molar-refractivity contribution is 7.89. The standard InChI is InChI=1S/C16H15Cl2N3O4S/c1-10(22)20-12-3-5-13(6-4-12)21-16(23)9-19-26(24,25)15-8-11(17)2-7-14(15)18/h2-8,19H,9H2,1H3,(H,20,22)(H,21,23). The smallest absolute Gasteiger partial charge is 0.242 e. The van der Waals surface area contributed by atoms with Crippen molar-refractivity contribution in [2.24, 2.45) is 0 Å². The second-order valence-electron chi connectivity index (χ2n) is 5.21. The van der Waals surface area contributed by atoms with E-state index < -0.39 is 22.5 Å². The molecular formula is C16H15Cl2N3O4S. The Labute approximate surface area is 160 Å². The zero-order chi connectivity index (χ0) is 19.3. The van der Waals surface area contributed by atoms with E-state index in [2.05, 4.69) is 15.4 Å². The fourth-order valence-electron chi connectivity index (χ4n) is 1.97. The van der Waals surface area contributed by atoms with Crippen LogP contribution in [0, 0.1) is 0 Å². The lowest BCUT2D eigenvalue weighted by atomic mass is 10.2. The molecule has 10 heteroatoms. The van der Waals surface area contributed by atoms with E-state index in [0.29, 0.717) is 11.4 Å². The van der Waals surface area contributed by atoms with Crippen LogP contribution in [0.5, 0.6) is 0 Å². The number of hydrogen-bond donors (Lipinski definition) is 3. The molecule has 0 aliphatic heterocycles. The third-order valence-electron chi connectivity index (χ3n) is 3.09. The third-order valence-corrected chi connectivity index (χ3v) is 5.21. The summed E-state index contributed by atoms with van der Waals surface area (Å²) in [4.78, 5) is 22.7. The lowest BCUT2D eigenvalue weighted by Crippen LogP contribution is -2.33. The van der Waals surface area contributed by atoms with E-state index in [1.807, 2.05) is 0 Å². The Balaban J connectivity index is 1.97. The number of sulfonamides is 1. The van der Waals surface area contributed by atoms with Crippen LogP contribution in [0.15, 0.2) is 47.4 Å². The first-order chi connectivity index (χ1) is 12.2. The summed E-state index contributed by atoms with van der Waals surface area (Å²) in [5.41, 5.74) is 1.02. The van der Waals surface area contributed by atoms with Gasteiger partial charge in [-0.1, -0.05) is 23.2 Å². The molecule has 0 aromatic heterocycles. The highest BCUT2D eigenvalue weighted by Crippen LogP contribution is 2.24. The van der Waals surface area contributed by atoms with Gasteiger partial charge in [0.2, 0.25) is 21.8 Å². The highest BCUT2D eigenvalue weighted by Gasteiger charge is 2.19. The molecule has 0 aliphatic carbocycles. The number of hydrogen-bond acceptors (Lipinski definition) is 4. The minimum Gasteiger partial charge on any atom is -0.326 e. The molecule has 2 rings (SSSR count). The maximum atomic E-state index is 12.2. The van der Waals surface area contributed by atoms with Crippen molar-refractivity contribution in [3.05, 3.63) is 52.5 Å². The van der Waals surface area contributed by atoms with Crippen molar-refractivity contribution in [2.75, 3.05) is 17.2 Å². The van der Waals surface area contributed by atoms with Crippen LogP contribution in [0.3, 0.4) is 0 Å². The molecule has 0 saturated carbocycles. The van der Waals surface area contributed by atoms with E-state index in [9.17, 15) is 18.0 Å². The molecule has 2 amide bonds. The molecular weight excluding hydrogens is 401 g/mol. The van der Waals surface area contributed by atoms with Crippen molar-refractivity contribution in [1.29, 1.82) is 0 Å². The lowest BCUT2D eigenvalue weighted by molar-refractivity contribution is -0.115. The Kier molecular flexibility index (Phi) is 6.60. The molecule has 0 saturated heterocycles.